The third kappa shape index (κ3) is 32.1. The first-order valence-corrected chi connectivity index (χ1v) is 5.20. The van der Waals surface area contributed by atoms with Gasteiger partial charge in [-0.05, 0) is 14.1 Å². The van der Waals surface area contributed by atoms with E-state index in [9.17, 15) is 4.79 Å². The van der Waals surface area contributed by atoms with Gasteiger partial charge in [0.25, 0.3) is 0 Å². The minimum Gasteiger partial charge on any atom is -0.461 e. The molecule has 0 heterocycles. The maximum Gasteiger partial charge on any atom is 0.394 e. The number of carbonyl (C=O) groups excluding carboxylic acids is 1. The van der Waals surface area contributed by atoms with Crippen LogP contribution in [-0.4, -0.2) is 55.6 Å². The van der Waals surface area contributed by atoms with Crippen molar-refractivity contribution >= 4 is 16.4 Å². The van der Waals surface area contributed by atoms with Crippen molar-refractivity contribution in [3.05, 3.63) is 12.7 Å². The summed E-state index contributed by atoms with van der Waals surface area (Å²) in [5.74, 6) is -0.359. The Hall–Kier alpha value is -0.960. The first-order chi connectivity index (χ1) is 6.66. The van der Waals surface area contributed by atoms with Gasteiger partial charge in [0.15, 0.2) is 0 Å². The number of hydrogen-bond acceptors (Lipinski definition) is 5. The molecule has 0 aliphatic heterocycles. The molecule has 15 heavy (non-hydrogen) atoms. The van der Waals surface area contributed by atoms with Crippen LogP contribution in [-0.2, 0) is 19.9 Å². The number of nitrogens with zero attached hydrogens (tertiary/aromatic N) is 1. The van der Waals surface area contributed by atoms with Crippen LogP contribution in [0, 0.1) is 0 Å². The van der Waals surface area contributed by atoms with Crippen LogP contribution in [0.3, 0.4) is 0 Å². The molecule has 0 saturated heterocycles. The van der Waals surface area contributed by atoms with E-state index in [4.69, 9.17) is 22.3 Å². The van der Waals surface area contributed by atoms with Crippen LogP contribution in [0.25, 0.3) is 0 Å². The van der Waals surface area contributed by atoms with Crippen LogP contribution in [0.4, 0.5) is 0 Å². The Kier molecular flexibility index (Phi) is 9.18. The fourth-order valence-corrected chi connectivity index (χ4v) is 0.388. The number of likely N-dealkylation sites (N-methyl/N-ethyl adjacent to an activating group) is 1. The summed E-state index contributed by atoms with van der Waals surface area (Å²) < 4.78 is 36.3. The number of rotatable bonds is 4. The molecular formula is C7H15NO6S. The van der Waals surface area contributed by atoms with Crippen molar-refractivity contribution in [1.29, 1.82) is 0 Å². The summed E-state index contributed by atoms with van der Waals surface area (Å²) in [5.41, 5.74) is 0. The van der Waals surface area contributed by atoms with Crippen molar-refractivity contribution in [2.45, 2.75) is 0 Å². The standard InChI is InChI=1S/C7H13NO2.H2O4S/c1-4-7(9)10-6-5-8(2)3;1-5(2,3)4/h4H,1,5-6H2,2-3H3;(H2,1,2,3,4). The first-order valence-electron chi connectivity index (χ1n) is 3.80. The number of ether oxygens (including phenoxy) is 1. The zero-order chi connectivity index (χ0) is 12.5. The quantitative estimate of drug-likeness (QED) is 0.393. The van der Waals surface area contributed by atoms with Gasteiger partial charge in [-0.1, -0.05) is 6.58 Å². The molecule has 0 saturated carbocycles. The number of hydrogen-bond donors (Lipinski definition) is 2. The van der Waals surface area contributed by atoms with E-state index in [0.717, 1.165) is 12.6 Å². The Morgan fingerprint density at radius 1 is 1.47 bits per heavy atom. The van der Waals surface area contributed by atoms with E-state index >= 15 is 0 Å². The Balaban J connectivity index is 0. The molecule has 0 unspecified atom stereocenters. The van der Waals surface area contributed by atoms with Gasteiger partial charge < -0.3 is 9.64 Å². The van der Waals surface area contributed by atoms with E-state index in [1.54, 1.807) is 0 Å². The molecule has 0 aliphatic rings. The molecule has 0 atom stereocenters. The van der Waals surface area contributed by atoms with Gasteiger partial charge in [-0.15, -0.1) is 0 Å². The molecule has 90 valence electrons. The van der Waals surface area contributed by atoms with Crippen LogP contribution < -0.4 is 0 Å². The minimum atomic E-state index is -4.67. The highest BCUT2D eigenvalue weighted by molar-refractivity contribution is 7.79. The average molecular weight is 241 g/mol. The van der Waals surface area contributed by atoms with Gasteiger partial charge in [0.2, 0.25) is 0 Å². The van der Waals surface area contributed by atoms with Crippen molar-refractivity contribution in [1.82, 2.24) is 4.90 Å². The lowest BCUT2D eigenvalue weighted by atomic mass is 10.6. The summed E-state index contributed by atoms with van der Waals surface area (Å²) in [6, 6.07) is 0. The van der Waals surface area contributed by atoms with Gasteiger partial charge in [0.1, 0.15) is 6.61 Å². The number of carbonyl (C=O) groups is 1. The van der Waals surface area contributed by atoms with Crippen LogP contribution in [0.2, 0.25) is 0 Å². The SMILES string of the molecule is C=CC(=O)OCCN(C)C.O=S(=O)(O)O. The van der Waals surface area contributed by atoms with Gasteiger partial charge >= 0.3 is 16.4 Å². The molecule has 0 rings (SSSR count). The maximum absolute atomic E-state index is 10.4. The summed E-state index contributed by atoms with van der Waals surface area (Å²) in [4.78, 5) is 12.4. The smallest absolute Gasteiger partial charge is 0.394 e. The predicted octanol–water partition coefficient (Wildman–Crippen LogP) is -0.376. The van der Waals surface area contributed by atoms with E-state index in [1.807, 2.05) is 19.0 Å². The Morgan fingerprint density at radius 2 is 1.87 bits per heavy atom. The summed E-state index contributed by atoms with van der Waals surface area (Å²) in [6.07, 6.45) is 1.16. The van der Waals surface area contributed by atoms with Gasteiger partial charge in [-0.25, -0.2) is 4.79 Å². The van der Waals surface area contributed by atoms with Crippen LogP contribution >= 0.6 is 0 Å². The Bertz CT molecular complexity index is 276. The van der Waals surface area contributed by atoms with E-state index in [2.05, 4.69) is 6.58 Å². The molecule has 0 radical (unpaired) electrons. The van der Waals surface area contributed by atoms with E-state index in [0.29, 0.717) is 6.61 Å². The zero-order valence-electron chi connectivity index (χ0n) is 8.58. The molecule has 0 aromatic carbocycles. The van der Waals surface area contributed by atoms with Crippen LogP contribution in [0.15, 0.2) is 12.7 Å². The molecule has 0 fully saturated rings. The molecule has 0 aliphatic carbocycles. The number of esters is 1. The topological polar surface area (TPSA) is 104 Å². The van der Waals surface area contributed by atoms with Crippen molar-refractivity contribution in [2.75, 3.05) is 27.2 Å². The summed E-state index contributed by atoms with van der Waals surface area (Å²) in [7, 11) is -0.830. The van der Waals surface area contributed by atoms with Crippen LogP contribution in [0.5, 0.6) is 0 Å². The van der Waals surface area contributed by atoms with E-state index < -0.39 is 10.4 Å². The largest absolute Gasteiger partial charge is 0.461 e. The molecule has 0 amide bonds. The van der Waals surface area contributed by atoms with Crippen molar-refractivity contribution in [3.8, 4) is 0 Å². The second kappa shape index (κ2) is 8.36. The second-order valence-electron chi connectivity index (χ2n) is 2.62. The highest BCUT2D eigenvalue weighted by Crippen LogP contribution is 1.80. The Labute approximate surface area is 88.9 Å². The molecule has 8 heteroatoms. The second-order valence-corrected chi connectivity index (χ2v) is 3.52. The van der Waals surface area contributed by atoms with Crippen molar-refractivity contribution < 1.29 is 27.1 Å². The zero-order valence-corrected chi connectivity index (χ0v) is 9.40. The molecule has 2 N–H and O–H groups in total. The molecular weight excluding hydrogens is 226 g/mol. The van der Waals surface area contributed by atoms with E-state index in [1.165, 1.54) is 0 Å². The lowest BCUT2D eigenvalue weighted by Crippen LogP contribution is -2.19. The van der Waals surface area contributed by atoms with E-state index in [-0.39, 0.29) is 5.97 Å². The third-order valence-corrected chi connectivity index (χ3v) is 0.949. The van der Waals surface area contributed by atoms with Gasteiger partial charge in [-0.3, -0.25) is 9.11 Å². The van der Waals surface area contributed by atoms with Gasteiger partial charge in [-0.2, -0.15) is 8.42 Å². The molecule has 0 aromatic heterocycles. The third-order valence-electron chi connectivity index (χ3n) is 0.949. The predicted molar refractivity (Wildman–Crippen MR) is 53.9 cm³/mol. The molecule has 0 aromatic rings. The summed E-state index contributed by atoms with van der Waals surface area (Å²) in [6.45, 7) is 4.45. The van der Waals surface area contributed by atoms with Crippen LogP contribution in [0.1, 0.15) is 0 Å². The summed E-state index contributed by atoms with van der Waals surface area (Å²) >= 11 is 0. The molecule has 0 bridgehead atoms. The normalized spacial score (nSPS) is 10.2. The van der Waals surface area contributed by atoms with Gasteiger partial charge in [0.05, 0.1) is 0 Å². The highest BCUT2D eigenvalue weighted by Gasteiger charge is 1.94. The monoisotopic (exact) mass is 241 g/mol. The maximum atomic E-state index is 10.4. The average Bonchev–Trinajstić information content (AvgIpc) is 2.00. The lowest BCUT2D eigenvalue weighted by molar-refractivity contribution is -0.137. The van der Waals surface area contributed by atoms with Gasteiger partial charge in [0, 0.05) is 12.6 Å². The fraction of sp³-hybridized carbons (Fsp3) is 0.571. The van der Waals surface area contributed by atoms with Crippen molar-refractivity contribution in [2.24, 2.45) is 0 Å². The lowest BCUT2D eigenvalue weighted by Gasteiger charge is -2.07. The van der Waals surface area contributed by atoms with Crippen molar-refractivity contribution in [3.63, 3.8) is 0 Å². The summed E-state index contributed by atoms with van der Waals surface area (Å²) in [5, 5.41) is 0. The molecule has 7 nitrogen and oxygen atoms in total. The molecule has 0 spiro atoms. The minimum absolute atomic E-state index is 0.359. The Morgan fingerprint density at radius 3 is 2.13 bits per heavy atom. The fourth-order valence-electron chi connectivity index (χ4n) is 0.388. The first kappa shape index (κ1) is 16.5. The highest BCUT2D eigenvalue weighted by atomic mass is 32.3.